The van der Waals surface area contributed by atoms with Gasteiger partial charge in [-0.1, -0.05) is 0 Å². The van der Waals surface area contributed by atoms with E-state index in [1.54, 1.807) is 0 Å². The van der Waals surface area contributed by atoms with E-state index in [4.69, 9.17) is 9.84 Å². The summed E-state index contributed by atoms with van der Waals surface area (Å²) in [6.07, 6.45) is -2.13. The molecule has 1 saturated heterocycles. The predicted molar refractivity (Wildman–Crippen MR) is 63.6 cm³/mol. The summed E-state index contributed by atoms with van der Waals surface area (Å²) in [6.45, 7) is 1.04. The van der Waals surface area contributed by atoms with Crippen LogP contribution in [-0.2, 0) is 4.74 Å². The van der Waals surface area contributed by atoms with Crippen molar-refractivity contribution in [2.75, 3.05) is 6.61 Å². The zero-order valence-corrected chi connectivity index (χ0v) is 10.3. The minimum absolute atomic E-state index is 0.0325. The first-order chi connectivity index (χ1) is 8.93. The Balaban J connectivity index is 2.38. The quantitative estimate of drug-likeness (QED) is 0.516. The van der Waals surface area contributed by atoms with Crippen molar-refractivity contribution < 1.29 is 20.1 Å². The molecule has 19 heavy (non-hydrogen) atoms. The molecule has 0 radical (unpaired) electrons. The van der Waals surface area contributed by atoms with Gasteiger partial charge in [0, 0.05) is 12.6 Å². The van der Waals surface area contributed by atoms with Gasteiger partial charge in [0.05, 0.1) is 24.4 Å². The summed E-state index contributed by atoms with van der Waals surface area (Å²) in [5, 5.41) is 28.1. The molecule has 2 rings (SSSR count). The zero-order chi connectivity index (χ0) is 14.2. The molecular formula is C11H16N2O6. The van der Waals surface area contributed by atoms with E-state index in [1.165, 1.54) is 13.1 Å². The number of ether oxygens (including phenoxy) is 1. The summed E-state index contributed by atoms with van der Waals surface area (Å²) in [4.78, 5) is 25.3. The van der Waals surface area contributed by atoms with Crippen LogP contribution < -0.4 is 11.2 Å². The summed E-state index contributed by atoms with van der Waals surface area (Å²) >= 11 is 0. The van der Waals surface area contributed by atoms with Crippen LogP contribution in [-0.4, -0.2) is 43.7 Å². The normalized spacial score (nSPS) is 28.5. The van der Waals surface area contributed by atoms with Gasteiger partial charge in [0.1, 0.15) is 12.3 Å². The van der Waals surface area contributed by atoms with Crippen LogP contribution in [0.15, 0.2) is 15.8 Å². The van der Waals surface area contributed by atoms with E-state index in [9.17, 15) is 19.8 Å². The van der Waals surface area contributed by atoms with Crippen molar-refractivity contribution in [1.29, 1.82) is 0 Å². The second-order valence-electron chi connectivity index (χ2n) is 4.54. The molecule has 1 unspecified atom stereocenters. The number of nitrogens with one attached hydrogen (secondary N) is 1. The highest BCUT2D eigenvalue weighted by molar-refractivity contribution is 5.08. The molecule has 0 aliphatic carbocycles. The lowest BCUT2D eigenvalue weighted by molar-refractivity contribution is -0.0461. The number of hydrogen-bond acceptors (Lipinski definition) is 6. The van der Waals surface area contributed by atoms with Crippen molar-refractivity contribution in [3.05, 3.63) is 32.6 Å². The van der Waals surface area contributed by atoms with Crippen LogP contribution in [0.3, 0.4) is 0 Å². The average molecular weight is 272 g/mol. The molecule has 2 heterocycles. The van der Waals surface area contributed by atoms with Gasteiger partial charge in [0.15, 0.2) is 0 Å². The highest BCUT2D eigenvalue weighted by Gasteiger charge is 2.35. The predicted octanol–water partition coefficient (Wildman–Crippen LogP) is -1.77. The number of aliphatic hydroxyl groups is 3. The molecule has 1 aromatic heterocycles. The third-order valence-corrected chi connectivity index (χ3v) is 3.14. The van der Waals surface area contributed by atoms with Crippen LogP contribution in [0.4, 0.5) is 0 Å². The van der Waals surface area contributed by atoms with Gasteiger partial charge in [-0.3, -0.25) is 14.3 Å². The van der Waals surface area contributed by atoms with Crippen LogP contribution in [0.25, 0.3) is 0 Å². The smallest absolute Gasteiger partial charge is 0.330 e. The van der Waals surface area contributed by atoms with E-state index >= 15 is 0 Å². The van der Waals surface area contributed by atoms with Gasteiger partial charge in [0.25, 0.3) is 5.56 Å². The van der Waals surface area contributed by atoms with Crippen LogP contribution >= 0.6 is 0 Å². The van der Waals surface area contributed by atoms with Crippen molar-refractivity contribution >= 4 is 0 Å². The second-order valence-corrected chi connectivity index (χ2v) is 4.54. The Morgan fingerprint density at radius 3 is 2.79 bits per heavy atom. The standard InChI is InChI=1S/C11H16N2O6/c1-5(15)6-3-13(11(18)12-10(6)17)9-2-7(16)8(4-14)19-9/h3,5,7-9,14-16H,2,4H2,1H3,(H,12,17,18)/t5?,7-,8+,9+/m0/s1. The number of aliphatic hydroxyl groups excluding tert-OH is 3. The largest absolute Gasteiger partial charge is 0.394 e. The molecule has 0 bridgehead atoms. The SMILES string of the molecule is CC(O)c1cn([C@H]2C[C@H](O)[C@@H](CO)O2)c(=O)[nH]c1=O. The Kier molecular flexibility index (Phi) is 3.85. The first-order valence-corrected chi connectivity index (χ1v) is 5.92. The van der Waals surface area contributed by atoms with Gasteiger partial charge >= 0.3 is 5.69 Å². The molecule has 4 atom stereocenters. The third kappa shape index (κ3) is 2.61. The van der Waals surface area contributed by atoms with Crippen molar-refractivity contribution in [2.45, 2.75) is 37.9 Å². The molecule has 0 aromatic carbocycles. The van der Waals surface area contributed by atoms with Crippen LogP contribution in [0, 0.1) is 0 Å². The van der Waals surface area contributed by atoms with E-state index < -0.39 is 35.8 Å². The first kappa shape index (κ1) is 13.9. The Bertz CT molecular complexity index is 563. The number of H-pyrrole nitrogens is 1. The number of nitrogens with zero attached hydrogens (tertiary/aromatic N) is 1. The lowest BCUT2D eigenvalue weighted by Gasteiger charge is -2.15. The Labute approximate surface area is 107 Å². The minimum atomic E-state index is -1.03. The van der Waals surface area contributed by atoms with Gasteiger partial charge in [-0.15, -0.1) is 0 Å². The molecule has 0 spiro atoms. The van der Waals surface area contributed by atoms with E-state index in [0.717, 1.165) is 4.57 Å². The van der Waals surface area contributed by atoms with Gasteiger partial charge in [-0.2, -0.15) is 0 Å². The summed E-state index contributed by atoms with van der Waals surface area (Å²) in [5.74, 6) is 0. The zero-order valence-electron chi connectivity index (χ0n) is 10.3. The van der Waals surface area contributed by atoms with Crippen LogP contribution in [0.2, 0.25) is 0 Å². The van der Waals surface area contributed by atoms with Crippen molar-refractivity contribution in [3.8, 4) is 0 Å². The molecule has 1 aliphatic rings. The first-order valence-electron chi connectivity index (χ1n) is 5.92. The van der Waals surface area contributed by atoms with E-state index in [0.29, 0.717) is 0 Å². The van der Waals surface area contributed by atoms with E-state index in [1.807, 2.05) is 0 Å². The van der Waals surface area contributed by atoms with Gasteiger partial charge in [-0.25, -0.2) is 4.79 Å². The Hall–Kier alpha value is -1.48. The molecule has 0 saturated carbocycles. The second kappa shape index (κ2) is 5.25. The molecule has 106 valence electrons. The monoisotopic (exact) mass is 272 g/mol. The molecule has 1 fully saturated rings. The third-order valence-electron chi connectivity index (χ3n) is 3.14. The van der Waals surface area contributed by atoms with E-state index in [-0.39, 0.29) is 18.6 Å². The minimum Gasteiger partial charge on any atom is -0.394 e. The maximum absolute atomic E-state index is 11.7. The lowest BCUT2D eigenvalue weighted by Crippen LogP contribution is -2.34. The Morgan fingerprint density at radius 2 is 2.26 bits per heavy atom. The maximum Gasteiger partial charge on any atom is 0.330 e. The van der Waals surface area contributed by atoms with Crippen molar-refractivity contribution in [3.63, 3.8) is 0 Å². The van der Waals surface area contributed by atoms with Crippen LogP contribution in [0.5, 0.6) is 0 Å². The topological polar surface area (TPSA) is 125 Å². The van der Waals surface area contributed by atoms with Gasteiger partial charge in [0.2, 0.25) is 0 Å². The Morgan fingerprint density at radius 1 is 1.58 bits per heavy atom. The molecule has 4 N–H and O–H groups in total. The number of hydrogen-bond donors (Lipinski definition) is 4. The molecular weight excluding hydrogens is 256 g/mol. The summed E-state index contributed by atoms with van der Waals surface area (Å²) in [5.41, 5.74) is -1.32. The summed E-state index contributed by atoms with van der Waals surface area (Å²) < 4.78 is 6.42. The highest BCUT2D eigenvalue weighted by atomic mass is 16.5. The molecule has 1 aliphatic heterocycles. The van der Waals surface area contributed by atoms with E-state index in [2.05, 4.69) is 4.98 Å². The van der Waals surface area contributed by atoms with Gasteiger partial charge < -0.3 is 20.1 Å². The fourth-order valence-corrected chi connectivity index (χ4v) is 2.06. The number of aromatic nitrogens is 2. The van der Waals surface area contributed by atoms with Crippen molar-refractivity contribution in [1.82, 2.24) is 9.55 Å². The summed E-state index contributed by atoms with van der Waals surface area (Å²) in [6, 6.07) is 0. The number of rotatable bonds is 3. The highest BCUT2D eigenvalue weighted by Crippen LogP contribution is 2.27. The molecule has 8 heteroatoms. The molecule has 0 amide bonds. The number of aromatic amines is 1. The fourth-order valence-electron chi connectivity index (χ4n) is 2.06. The fraction of sp³-hybridized carbons (Fsp3) is 0.636. The maximum atomic E-state index is 11.7. The molecule has 1 aromatic rings. The van der Waals surface area contributed by atoms with Crippen LogP contribution in [0.1, 0.15) is 31.2 Å². The van der Waals surface area contributed by atoms with Gasteiger partial charge in [-0.05, 0) is 6.92 Å². The summed E-state index contributed by atoms with van der Waals surface area (Å²) in [7, 11) is 0. The molecule has 8 nitrogen and oxygen atoms in total. The average Bonchev–Trinajstić information content (AvgIpc) is 2.69. The van der Waals surface area contributed by atoms with Crippen molar-refractivity contribution in [2.24, 2.45) is 0 Å². The lowest BCUT2D eigenvalue weighted by atomic mass is 10.2.